The van der Waals surface area contributed by atoms with Gasteiger partial charge in [0.1, 0.15) is 0 Å². The van der Waals surface area contributed by atoms with Crippen LogP contribution in [0.2, 0.25) is 0 Å². The van der Waals surface area contributed by atoms with Crippen LogP contribution in [-0.4, -0.2) is 3.71 Å². The molecule has 33 heavy (non-hydrogen) atoms. The molecule has 0 fully saturated rings. The molecule has 1 aliphatic rings. The molecule has 0 bridgehead atoms. The van der Waals surface area contributed by atoms with Gasteiger partial charge in [0.15, 0.2) is 0 Å². The van der Waals surface area contributed by atoms with Crippen molar-refractivity contribution in [1.82, 2.24) is 0 Å². The summed E-state index contributed by atoms with van der Waals surface area (Å²) >= 11 is 1.51. The van der Waals surface area contributed by atoms with Crippen molar-refractivity contribution in [3.63, 3.8) is 0 Å². The number of hydrogen-bond acceptors (Lipinski definition) is 0. The number of benzene rings is 3. The Morgan fingerprint density at radius 2 is 1.33 bits per heavy atom. The van der Waals surface area contributed by atoms with E-state index in [1.807, 2.05) is 6.07 Å². The molecule has 3 heteroatoms. The van der Waals surface area contributed by atoms with Crippen molar-refractivity contribution in [2.24, 2.45) is 5.41 Å². The molecule has 4 aromatic carbocycles. The van der Waals surface area contributed by atoms with Crippen molar-refractivity contribution in [2.45, 2.75) is 33.6 Å². The maximum Gasteiger partial charge on any atom is -0.0771 e. The van der Waals surface area contributed by atoms with E-state index in [-0.39, 0.29) is 24.8 Å². The molecule has 0 atom stereocenters. The van der Waals surface area contributed by atoms with Gasteiger partial charge in [0, 0.05) is 0 Å². The molecular formula is C30H30Cl2Zr-2. The van der Waals surface area contributed by atoms with Gasteiger partial charge in [-0.15, -0.1) is 46.2 Å². The van der Waals surface area contributed by atoms with Crippen molar-refractivity contribution in [3.8, 4) is 0 Å². The molecule has 0 aromatic heterocycles. The van der Waals surface area contributed by atoms with Gasteiger partial charge in [-0.2, -0.15) is 11.6 Å². The third kappa shape index (κ3) is 8.90. The van der Waals surface area contributed by atoms with Gasteiger partial charge in [0.05, 0.1) is 0 Å². The van der Waals surface area contributed by atoms with E-state index in [1.165, 1.54) is 56.9 Å². The van der Waals surface area contributed by atoms with E-state index in [0.29, 0.717) is 5.41 Å². The Morgan fingerprint density at radius 1 is 0.818 bits per heavy atom. The number of fused-ring (bicyclic) bond motifs is 3. The van der Waals surface area contributed by atoms with E-state index in [0.717, 1.165) is 12.8 Å². The van der Waals surface area contributed by atoms with Crippen molar-refractivity contribution < 1.29 is 49.0 Å². The van der Waals surface area contributed by atoms with Crippen molar-refractivity contribution in [3.05, 3.63) is 114 Å². The van der Waals surface area contributed by atoms with Crippen LogP contribution in [-0.2, 0) is 30.7 Å². The fourth-order valence-corrected chi connectivity index (χ4v) is 4.13. The summed E-state index contributed by atoms with van der Waals surface area (Å²) in [6.45, 7) is 6.67. The van der Waals surface area contributed by atoms with E-state index in [4.69, 9.17) is 0 Å². The second-order valence-electron chi connectivity index (χ2n) is 8.67. The van der Waals surface area contributed by atoms with Gasteiger partial charge in [-0.25, -0.2) is 6.08 Å². The van der Waals surface area contributed by atoms with Crippen LogP contribution >= 0.6 is 0 Å². The molecule has 0 heterocycles. The number of rotatable bonds is 2. The van der Waals surface area contributed by atoms with Gasteiger partial charge in [-0.1, -0.05) is 62.6 Å². The van der Waals surface area contributed by atoms with Gasteiger partial charge in [-0.05, 0) is 0 Å². The Balaban J connectivity index is 0.000000247. The summed E-state index contributed by atoms with van der Waals surface area (Å²) in [7, 11) is 0. The zero-order chi connectivity index (χ0) is 22.1. The van der Waals surface area contributed by atoms with Crippen LogP contribution in [0, 0.1) is 11.5 Å². The standard InChI is InChI=1S/C13H9.C9H13.C8H8.2ClH.Zr/c1-3-7-12-10(5-1)9-11-6-2-4-8-13(11)12;1-9(2,3)8-6-4-5-7-8;1-2-8-6-4-3-5-7-8;;;/h1-9H;6-7H,4H2,1-3H3;1,3-7H,2H2;2*1H;/q2*-1;;;;+2/p-2. The Bertz CT molecular complexity index is 1130. The summed E-state index contributed by atoms with van der Waals surface area (Å²) in [5.41, 5.74) is 3.15. The van der Waals surface area contributed by atoms with Crippen molar-refractivity contribution in [1.29, 1.82) is 0 Å². The molecule has 0 nitrogen and oxygen atoms in total. The van der Waals surface area contributed by atoms with Crippen molar-refractivity contribution >= 4 is 25.3 Å². The van der Waals surface area contributed by atoms with Gasteiger partial charge >= 0.3 is 70.3 Å². The summed E-state index contributed by atoms with van der Waals surface area (Å²) in [5.74, 6) is 0. The number of hydrogen-bond donors (Lipinski definition) is 0. The van der Waals surface area contributed by atoms with Crippen LogP contribution in [0.1, 0.15) is 32.8 Å². The zero-order valence-electron chi connectivity index (χ0n) is 19.5. The van der Waals surface area contributed by atoms with Gasteiger partial charge < -0.3 is 24.8 Å². The van der Waals surface area contributed by atoms with Crippen LogP contribution < -0.4 is 24.8 Å². The molecular weight excluding hydrogens is 522 g/mol. The summed E-state index contributed by atoms with van der Waals surface area (Å²) < 4.78 is 2.25. The molecule has 170 valence electrons. The molecule has 0 spiro atoms. The van der Waals surface area contributed by atoms with E-state index in [9.17, 15) is 0 Å². The molecule has 0 radical (unpaired) electrons. The zero-order valence-corrected chi connectivity index (χ0v) is 23.5. The molecule has 0 aliphatic heterocycles. The minimum atomic E-state index is 0. The van der Waals surface area contributed by atoms with Gasteiger partial charge in [-0.3, -0.25) is 6.08 Å². The van der Waals surface area contributed by atoms with E-state index in [1.54, 1.807) is 0 Å². The van der Waals surface area contributed by atoms with Crippen LogP contribution in [0.15, 0.2) is 103 Å². The summed E-state index contributed by atoms with van der Waals surface area (Å²) in [4.78, 5) is 0. The monoisotopic (exact) mass is 550 g/mol. The number of halogens is 2. The summed E-state index contributed by atoms with van der Waals surface area (Å²) in [6, 6.07) is 29.8. The van der Waals surface area contributed by atoms with Gasteiger partial charge in [0.2, 0.25) is 0 Å². The molecule has 5 rings (SSSR count). The number of allylic oxidation sites excluding steroid dienone is 4. The van der Waals surface area contributed by atoms with E-state index < -0.39 is 0 Å². The molecule has 0 saturated heterocycles. The molecule has 4 aromatic rings. The first kappa shape index (κ1) is 29.4. The van der Waals surface area contributed by atoms with Gasteiger partial charge in [0.25, 0.3) is 0 Å². The average molecular weight is 553 g/mol. The van der Waals surface area contributed by atoms with E-state index >= 15 is 0 Å². The molecule has 1 aliphatic carbocycles. The smallest absolute Gasteiger partial charge is 0.0771 e. The van der Waals surface area contributed by atoms with Crippen LogP contribution in [0.25, 0.3) is 21.5 Å². The SMILES string of the molecule is CC(C)(C)C1=CC[C-]=C1.[Cl-].[Cl-].[Zr+2]=[CH]Cc1ccccc1.c1ccc2c(c1)[cH-]c1ccccc12. The second kappa shape index (κ2) is 14.6. The fourth-order valence-electron chi connectivity index (χ4n) is 3.56. The van der Waals surface area contributed by atoms with Crippen LogP contribution in [0.4, 0.5) is 0 Å². The van der Waals surface area contributed by atoms with Crippen LogP contribution in [0.5, 0.6) is 0 Å². The third-order valence-corrected chi connectivity index (χ3v) is 5.77. The quantitative estimate of drug-likeness (QED) is 0.334. The normalized spacial score (nSPS) is 11.8. The fraction of sp³-hybridized carbons (Fsp3) is 0.200. The Hall–Kier alpha value is -1.66. The first-order valence-corrected chi connectivity index (χ1v) is 12.2. The molecule has 0 amide bonds. The minimum absolute atomic E-state index is 0. The Morgan fingerprint density at radius 3 is 1.76 bits per heavy atom. The largest absolute Gasteiger partial charge is 0.126 e. The van der Waals surface area contributed by atoms with Crippen LogP contribution in [0.3, 0.4) is 0 Å². The molecule has 0 N–H and O–H groups in total. The second-order valence-corrected chi connectivity index (χ2v) is 9.68. The molecule has 0 saturated carbocycles. The Labute approximate surface area is 226 Å². The maximum atomic E-state index is 3.16. The average Bonchev–Trinajstić information content (AvgIpc) is 3.44. The maximum absolute atomic E-state index is 3.16. The first-order chi connectivity index (χ1) is 15.0. The topological polar surface area (TPSA) is 0 Å². The first-order valence-electron chi connectivity index (χ1n) is 10.8. The van der Waals surface area contributed by atoms with Crippen molar-refractivity contribution in [2.75, 3.05) is 0 Å². The Kier molecular flexibility index (Phi) is 13.0. The summed E-state index contributed by atoms with van der Waals surface area (Å²) in [5, 5.41) is 5.39. The minimum Gasteiger partial charge on any atom is -0.126 e. The summed E-state index contributed by atoms with van der Waals surface area (Å²) in [6.07, 6.45) is 9.63. The third-order valence-electron chi connectivity index (χ3n) is 5.27. The van der Waals surface area contributed by atoms with E-state index in [2.05, 4.69) is 122 Å². The molecule has 0 unspecified atom stereocenters. The predicted molar refractivity (Wildman–Crippen MR) is 133 cm³/mol. The predicted octanol–water partition coefficient (Wildman–Crippen LogP) is 2.02.